The average Bonchev–Trinajstić information content (AvgIpc) is 2.42. The molecule has 0 saturated heterocycles. The third-order valence-corrected chi connectivity index (χ3v) is 4.00. The molecule has 0 spiro atoms. The summed E-state index contributed by atoms with van der Waals surface area (Å²) in [6.07, 6.45) is 2.70. The highest BCUT2D eigenvalue weighted by molar-refractivity contribution is 9.10. The van der Waals surface area contributed by atoms with Gasteiger partial charge in [-0.2, -0.15) is 0 Å². The van der Waals surface area contributed by atoms with Gasteiger partial charge in [0.15, 0.2) is 0 Å². The van der Waals surface area contributed by atoms with Crippen LogP contribution in [0.5, 0.6) is 0 Å². The van der Waals surface area contributed by atoms with E-state index in [2.05, 4.69) is 53.8 Å². The molecule has 1 heterocycles. The SMILES string of the molecule is Cc1ccc(Br)cc1-c1ccnc(C(C)(C)CCN)n1. The summed E-state index contributed by atoms with van der Waals surface area (Å²) in [6.45, 7) is 6.99. The van der Waals surface area contributed by atoms with Crippen molar-refractivity contribution < 1.29 is 0 Å². The van der Waals surface area contributed by atoms with Gasteiger partial charge in [-0.25, -0.2) is 9.97 Å². The predicted octanol–water partition coefficient (Wildman–Crippen LogP) is 3.84. The molecule has 0 aliphatic carbocycles. The zero-order valence-corrected chi connectivity index (χ0v) is 13.7. The van der Waals surface area contributed by atoms with E-state index < -0.39 is 0 Å². The Morgan fingerprint density at radius 3 is 2.70 bits per heavy atom. The van der Waals surface area contributed by atoms with E-state index in [1.165, 1.54) is 5.56 Å². The van der Waals surface area contributed by atoms with Gasteiger partial charge in [-0.3, -0.25) is 0 Å². The Labute approximate surface area is 128 Å². The van der Waals surface area contributed by atoms with E-state index in [-0.39, 0.29) is 5.41 Å². The van der Waals surface area contributed by atoms with Crippen LogP contribution in [-0.2, 0) is 5.41 Å². The molecule has 20 heavy (non-hydrogen) atoms. The highest BCUT2D eigenvalue weighted by atomic mass is 79.9. The highest BCUT2D eigenvalue weighted by Crippen LogP contribution is 2.28. The van der Waals surface area contributed by atoms with Gasteiger partial charge >= 0.3 is 0 Å². The van der Waals surface area contributed by atoms with Gasteiger partial charge in [0.1, 0.15) is 5.82 Å². The summed E-state index contributed by atoms with van der Waals surface area (Å²) in [5, 5.41) is 0. The Morgan fingerprint density at radius 2 is 2.00 bits per heavy atom. The van der Waals surface area contributed by atoms with Gasteiger partial charge < -0.3 is 5.73 Å². The van der Waals surface area contributed by atoms with Crippen molar-refractivity contribution in [2.24, 2.45) is 5.73 Å². The lowest BCUT2D eigenvalue weighted by Crippen LogP contribution is -2.24. The molecule has 0 aliphatic rings. The molecule has 0 radical (unpaired) electrons. The van der Waals surface area contributed by atoms with Gasteiger partial charge in [-0.15, -0.1) is 0 Å². The van der Waals surface area contributed by atoms with E-state index in [9.17, 15) is 0 Å². The van der Waals surface area contributed by atoms with E-state index in [4.69, 9.17) is 10.7 Å². The molecule has 0 aliphatic heterocycles. The Hall–Kier alpha value is -1.26. The Bertz CT molecular complexity index is 608. The summed E-state index contributed by atoms with van der Waals surface area (Å²) in [6, 6.07) is 8.18. The average molecular weight is 334 g/mol. The maximum Gasteiger partial charge on any atom is 0.134 e. The normalized spacial score (nSPS) is 11.7. The molecule has 0 bridgehead atoms. The lowest BCUT2D eigenvalue weighted by molar-refractivity contribution is 0.457. The molecule has 4 heteroatoms. The fourth-order valence-corrected chi connectivity index (χ4v) is 2.54. The number of aryl methyl sites for hydroxylation is 1. The molecule has 0 saturated carbocycles. The van der Waals surface area contributed by atoms with Crippen molar-refractivity contribution in [1.29, 1.82) is 0 Å². The maximum atomic E-state index is 5.68. The molecular weight excluding hydrogens is 314 g/mol. The quantitative estimate of drug-likeness (QED) is 0.924. The van der Waals surface area contributed by atoms with Gasteiger partial charge in [0.25, 0.3) is 0 Å². The standard InChI is InChI=1S/C16H20BrN3/c1-11-4-5-12(17)10-13(11)14-6-9-19-15(20-14)16(2,3)7-8-18/h4-6,9-10H,7-8,18H2,1-3H3. The van der Waals surface area contributed by atoms with Crippen LogP contribution in [0.3, 0.4) is 0 Å². The van der Waals surface area contributed by atoms with Crippen LogP contribution >= 0.6 is 15.9 Å². The van der Waals surface area contributed by atoms with Crippen LogP contribution in [0.4, 0.5) is 0 Å². The second-order valence-electron chi connectivity index (χ2n) is 5.65. The van der Waals surface area contributed by atoms with Crippen LogP contribution in [0.1, 0.15) is 31.7 Å². The third kappa shape index (κ3) is 3.25. The molecular formula is C16H20BrN3. The predicted molar refractivity (Wildman–Crippen MR) is 86.6 cm³/mol. The summed E-state index contributed by atoms with van der Waals surface area (Å²) in [5.41, 5.74) is 8.87. The van der Waals surface area contributed by atoms with Crippen molar-refractivity contribution in [2.75, 3.05) is 6.54 Å². The number of rotatable bonds is 4. The molecule has 2 aromatic rings. The van der Waals surface area contributed by atoms with Crippen molar-refractivity contribution >= 4 is 15.9 Å². The summed E-state index contributed by atoms with van der Waals surface area (Å²) >= 11 is 3.52. The van der Waals surface area contributed by atoms with Crippen LogP contribution in [0.15, 0.2) is 34.9 Å². The lowest BCUT2D eigenvalue weighted by atomic mass is 9.88. The largest absolute Gasteiger partial charge is 0.330 e. The van der Waals surface area contributed by atoms with Gasteiger partial charge in [-0.05, 0) is 43.7 Å². The number of nitrogens with two attached hydrogens (primary N) is 1. The first-order valence-electron chi connectivity index (χ1n) is 6.74. The molecule has 1 aromatic carbocycles. The van der Waals surface area contributed by atoms with Gasteiger partial charge in [-0.1, -0.05) is 35.8 Å². The van der Waals surface area contributed by atoms with Crippen molar-refractivity contribution in [2.45, 2.75) is 32.6 Å². The molecule has 0 fully saturated rings. The molecule has 0 amide bonds. The number of hydrogen-bond donors (Lipinski definition) is 1. The first-order chi connectivity index (χ1) is 9.44. The topological polar surface area (TPSA) is 51.8 Å². The Balaban J connectivity index is 2.47. The monoisotopic (exact) mass is 333 g/mol. The maximum absolute atomic E-state index is 5.68. The smallest absolute Gasteiger partial charge is 0.134 e. The minimum absolute atomic E-state index is 0.106. The number of hydrogen-bond acceptors (Lipinski definition) is 3. The second kappa shape index (κ2) is 6.02. The van der Waals surface area contributed by atoms with E-state index >= 15 is 0 Å². The van der Waals surface area contributed by atoms with Crippen LogP contribution in [0, 0.1) is 6.92 Å². The van der Waals surface area contributed by atoms with Crippen LogP contribution in [-0.4, -0.2) is 16.5 Å². The number of aromatic nitrogens is 2. The van der Waals surface area contributed by atoms with Crippen molar-refractivity contribution in [3.05, 3.63) is 46.3 Å². The zero-order chi connectivity index (χ0) is 14.8. The third-order valence-electron chi connectivity index (χ3n) is 3.51. The molecule has 0 unspecified atom stereocenters. The number of nitrogens with zero attached hydrogens (tertiary/aromatic N) is 2. The van der Waals surface area contributed by atoms with E-state index in [0.717, 1.165) is 28.0 Å². The Kier molecular flexibility index (Phi) is 4.55. The van der Waals surface area contributed by atoms with Gasteiger partial charge in [0, 0.05) is 21.6 Å². The summed E-state index contributed by atoms with van der Waals surface area (Å²) in [5.74, 6) is 0.847. The highest BCUT2D eigenvalue weighted by Gasteiger charge is 2.23. The molecule has 2 rings (SSSR count). The fourth-order valence-electron chi connectivity index (χ4n) is 2.18. The van der Waals surface area contributed by atoms with Crippen LogP contribution in [0.2, 0.25) is 0 Å². The minimum atomic E-state index is -0.106. The second-order valence-corrected chi connectivity index (χ2v) is 6.56. The Morgan fingerprint density at radius 1 is 1.25 bits per heavy atom. The molecule has 106 valence electrons. The summed E-state index contributed by atoms with van der Waals surface area (Å²) < 4.78 is 1.06. The minimum Gasteiger partial charge on any atom is -0.330 e. The molecule has 1 aromatic heterocycles. The summed E-state index contributed by atoms with van der Waals surface area (Å²) in [7, 11) is 0. The van der Waals surface area contributed by atoms with Crippen molar-refractivity contribution in [3.8, 4) is 11.3 Å². The fraction of sp³-hybridized carbons (Fsp3) is 0.375. The van der Waals surface area contributed by atoms with Crippen LogP contribution in [0.25, 0.3) is 11.3 Å². The first kappa shape index (κ1) is 15.1. The lowest BCUT2D eigenvalue weighted by Gasteiger charge is -2.22. The van der Waals surface area contributed by atoms with Gasteiger partial charge in [0.2, 0.25) is 0 Å². The van der Waals surface area contributed by atoms with Crippen molar-refractivity contribution in [1.82, 2.24) is 9.97 Å². The zero-order valence-electron chi connectivity index (χ0n) is 12.2. The molecule has 2 N–H and O–H groups in total. The van der Waals surface area contributed by atoms with E-state index in [1.54, 1.807) is 0 Å². The van der Waals surface area contributed by atoms with Gasteiger partial charge in [0.05, 0.1) is 5.69 Å². The number of benzene rings is 1. The van der Waals surface area contributed by atoms with Crippen molar-refractivity contribution in [3.63, 3.8) is 0 Å². The molecule has 0 atom stereocenters. The van der Waals surface area contributed by atoms with Crippen LogP contribution < -0.4 is 5.73 Å². The molecule has 3 nitrogen and oxygen atoms in total. The van der Waals surface area contributed by atoms with E-state index in [1.807, 2.05) is 18.3 Å². The first-order valence-corrected chi connectivity index (χ1v) is 7.53. The summed E-state index contributed by atoms with van der Waals surface area (Å²) in [4.78, 5) is 9.18. The number of halogens is 1. The van der Waals surface area contributed by atoms with E-state index in [0.29, 0.717) is 6.54 Å².